The van der Waals surface area contributed by atoms with Gasteiger partial charge >= 0.3 is 0 Å². The Hall–Kier alpha value is -1.75. The minimum Gasteiger partial charge on any atom is -0.382 e. The van der Waals surface area contributed by atoms with Crippen LogP contribution in [0.25, 0.3) is 0 Å². The molecule has 0 aliphatic heterocycles. The van der Waals surface area contributed by atoms with Crippen molar-refractivity contribution in [2.24, 2.45) is 7.05 Å². The van der Waals surface area contributed by atoms with Crippen LogP contribution in [0.4, 0.5) is 4.39 Å². The van der Waals surface area contributed by atoms with Gasteiger partial charge in [-0.05, 0) is 18.6 Å². The summed E-state index contributed by atoms with van der Waals surface area (Å²) in [6.07, 6.45) is 2.45. The Morgan fingerprint density at radius 2 is 2.18 bits per heavy atom. The fraction of sp³-hybridized carbons (Fsp3) is 0.333. The van der Waals surface area contributed by atoms with E-state index < -0.39 is 11.9 Å². The van der Waals surface area contributed by atoms with Crippen molar-refractivity contribution in [3.8, 4) is 0 Å². The Balaban J connectivity index is 2.36. The maximum absolute atomic E-state index is 13.0. The van der Waals surface area contributed by atoms with Crippen molar-refractivity contribution in [2.75, 3.05) is 0 Å². The molecule has 0 aromatic carbocycles. The van der Waals surface area contributed by atoms with Gasteiger partial charge in [-0.1, -0.05) is 6.92 Å². The van der Waals surface area contributed by atoms with Crippen LogP contribution in [0.2, 0.25) is 0 Å². The second-order valence-corrected chi connectivity index (χ2v) is 3.88. The molecule has 90 valence electrons. The summed E-state index contributed by atoms with van der Waals surface area (Å²) in [4.78, 5) is 3.72. The van der Waals surface area contributed by atoms with Gasteiger partial charge in [0.05, 0.1) is 17.6 Å². The largest absolute Gasteiger partial charge is 0.382 e. The zero-order valence-electron chi connectivity index (χ0n) is 9.76. The van der Waals surface area contributed by atoms with Gasteiger partial charge < -0.3 is 5.11 Å². The first-order chi connectivity index (χ1) is 8.11. The van der Waals surface area contributed by atoms with E-state index in [2.05, 4.69) is 10.1 Å². The fourth-order valence-electron chi connectivity index (χ4n) is 1.72. The van der Waals surface area contributed by atoms with Crippen molar-refractivity contribution in [2.45, 2.75) is 19.4 Å². The molecule has 0 amide bonds. The molecule has 0 saturated heterocycles. The predicted molar refractivity (Wildman–Crippen MR) is 60.8 cm³/mol. The first kappa shape index (κ1) is 11.7. The molecule has 0 bridgehead atoms. The number of pyridine rings is 1. The molecule has 17 heavy (non-hydrogen) atoms. The van der Waals surface area contributed by atoms with Gasteiger partial charge in [-0.25, -0.2) is 4.39 Å². The van der Waals surface area contributed by atoms with Crippen molar-refractivity contribution in [1.82, 2.24) is 14.8 Å². The van der Waals surface area contributed by atoms with E-state index >= 15 is 0 Å². The van der Waals surface area contributed by atoms with E-state index in [0.717, 1.165) is 18.3 Å². The SMILES string of the molecule is CCc1cc(C(O)c2cncc(F)c2)n(C)n1. The second-order valence-electron chi connectivity index (χ2n) is 3.88. The van der Waals surface area contributed by atoms with Crippen molar-refractivity contribution in [3.63, 3.8) is 0 Å². The van der Waals surface area contributed by atoms with Gasteiger partial charge in [0.1, 0.15) is 11.9 Å². The number of nitrogens with zero attached hydrogens (tertiary/aromatic N) is 3. The number of aryl methyl sites for hydroxylation is 2. The quantitative estimate of drug-likeness (QED) is 0.879. The Morgan fingerprint density at radius 3 is 2.76 bits per heavy atom. The molecule has 1 unspecified atom stereocenters. The Kier molecular flexibility index (Phi) is 3.19. The summed E-state index contributed by atoms with van der Waals surface area (Å²) in [7, 11) is 1.75. The first-order valence-corrected chi connectivity index (χ1v) is 5.43. The van der Waals surface area contributed by atoms with Gasteiger partial charge in [0.15, 0.2) is 0 Å². The molecule has 2 rings (SSSR count). The molecular formula is C12H14FN3O. The lowest BCUT2D eigenvalue weighted by molar-refractivity contribution is 0.209. The number of halogens is 1. The highest BCUT2D eigenvalue weighted by Crippen LogP contribution is 2.22. The molecular weight excluding hydrogens is 221 g/mol. The summed E-state index contributed by atoms with van der Waals surface area (Å²) in [6.45, 7) is 1.99. The minimum atomic E-state index is -0.906. The van der Waals surface area contributed by atoms with E-state index in [0.29, 0.717) is 11.3 Å². The van der Waals surface area contributed by atoms with E-state index in [1.807, 2.05) is 13.0 Å². The molecule has 5 heteroatoms. The Morgan fingerprint density at radius 1 is 1.41 bits per heavy atom. The van der Waals surface area contributed by atoms with Crippen molar-refractivity contribution in [1.29, 1.82) is 0 Å². The van der Waals surface area contributed by atoms with Crippen molar-refractivity contribution in [3.05, 3.63) is 47.3 Å². The number of aromatic nitrogens is 3. The third-order valence-corrected chi connectivity index (χ3v) is 2.65. The van der Waals surface area contributed by atoms with Crippen LogP contribution < -0.4 is 0 Å². The molecule has 0 radical (unpaired) electrons. The van der Waals surface area contributed by atoms with Crippen LogP contribution in [0, 0.1) is 5.82 Å². The summed E-state index contributed by atoms with van der Waals surface area (Å²) < 4.78 is 14.6. The minimum absolute atomic E-state index is 0.427. The maximum Gasteiger partial charge on any atom is 0.141 e. The lowest BCUT2D eigenvalue weighted by Crippen LogP contribution is -2.07. The first-order valence-electron chi connectivity index (χ1n) is 5.43. The number of aliphatic hydroxyl groups is 1. The summed E-state index contributed by atoms with van der Waals surface area (Å²) in [6, 6.07) is 3.09. The molecule has 2 aromatic rings. The van der Waals surface area contributed by atoms with E-state index in [-0.39, 0.29) is 0 Å². The number of hydrogen-bond acceptors (Lipinski definition) is 3. The standard InChI is InChI=1S/C12H14FN3O/c1-3-10-5-11(16(2)15-10)12(17)8-4-9(13)7-14-6-8/h4-7,12,17H,3H2,1-2H3. The molecule has 1 N–H and O–H groups in total. The summed E-state index contributed by atoms with van der Waals surface area (Å²) >= 11 is 0. The normalized spacial score (nSPS) is 12.7. The van der Waals surface area contributed by atoms with E-state index in [4.69, 9.17) is 0 Å². The zero-order chi connectivity index (χ0) is 12.4. The average Bonchev–Trinajstić information content (AvgIpc) is 2.69. The van der Waals surface area contributed by atoms with Crippen molar-refractivity contribution >= 4 is 0 Å². The van der Waals surface area contributed by atoms with Crippen LogP contribution in [0.1, 0.15) is 30.0 Å². The van der Waals surface area contributed by atoms with Crippen LogP contribution in [0.15, 0.2) is 24.5 Å². The highest BCUT2D eigenvalue weighted by atomic mass is 19.1. The summed E-state index contributed by atoms with van der Waals surface area (Å²) in [5.41, 5.74) is 1.95. The van der Waals surface area contributed by atoms with Crippen LogP contribution in [-0.4, -0.2) is 19.9 Å². The van der Waals surface area contributed by atoms with Crippen LogP contribution in [0.3, 0.4) is 0 Å². The molecule has 2 aromatic heterocycles. The summed E-state index contributed by atoms with van der Waals surface area (Å²) in [5, 5.41) is 14.4. The van der Waals surface area contributed by atoms with Gasteiger partial charge in [0.2, 0.25) is 0 Å². The van der Waals surface area contributed by atoms with Gasteiger partial charge in [0, 0.05) is 18.8 Å². The van der Waals surface area contributed by atoms with Crippen LogP contribution in [0.5, 0.6) is 0 Å². The number of aliphatic hydroxyl groups excluding tert-OH is 1. The average molecular weight is 235 g/mol. The lowest BCUT2D eigenvalue weighted by Gasteiger charge is -2.10. The maximum atomic E-state index is 13.0. The monoisotopic (exact) mass is 235 g/mol. The van der Waals surface area contributed by atoms with Crippen LogP contribution in [-0.2, 0) is 13.5 Å². The Labute approximate surface area is 98.7 Å². The van der Waals surface area contributed by atoms with Crippen molar-refractivity contribution < 1.29 is 9.50 Å². The zero-order valence-corrected chi connectivity index (χ0v) is 9.76. The lowest BCUT2D eigenvalue weighted by atomic mass is 10.1. The molecule has 0 spiro atoms. The molecule has 0 fully saturated rings. The summed E-state index contributed by atoms with van der Waals surface area (Å²) in [5.74, 6) is -0.459. The third-order valence-electron chi connectivity index (χ3n) is 2.65. The number of hydrogen-bond donors (Lipinski definition) is 1. The molecule has 1 atom stereocenters. The van der Waals surface area contributed by atoms with E-state index in [9.17, 15) is 9.50 Å². The Bertz CT molecular complexity index is 524. The highest BCUT2D eigenvalue weighted by Gasteiger charge is 2.16. The second kappa shape index (κ2) is 4.63. The molecule has 4 nitrogen and oxygen atoms in total. The molecule has 0 aliphatic rings. The van der Waals surface area contributed by atoms with E-state index in [1.165, 1.54) is 12.3 Å². The highest BCUT2D eigenvalue weighted by molar-refractivity contribution is 5.25. The van der Waals surface area contributed by atoms with Gasteiger partial charge in [-0.3, -0.25) is 9.67 Å². The molecule has 2 heterocycles. The molecule has 0 saturated carbocycles. The van der Waals surface area contributed by atoms with Gasteiger partial charge in [-0.15, -0.1) is 0 Å². The molecule has 0 aliphatic carbocycles. The fourth-order valence-corrected chi connectivity index (χ4v) is 1.72. The smallest absolute Gasteiger partial charge is 0.141 e. The van der Waals surface area contributed by atoms with Crippen LogP contribution >= 0.6 is 0 Å². The van der Waals surface area contributed by atoms with Gasteiger partial charge in [-0.2, -0.15) is 5.10 Å². The predicted octanol–water partition coefficient (Wildman–Crippen LogP) is 1.60. The topological polar surface area (TPSA) is 50.9 Å². The third kappa shape index (κ3) is 2.34. The van der Waals surface area contributed by atoms with Gasteiger partial charge in [0.25, 0.3) is 0 Å². The number of rotatable bonds is 3. The van der Waals surface area contributed by atoms with E-state index in [1.54, 1.807) is 11.7 Å².